The van der Waals surface area contributed by atoms with Crippen LogP contribution in [0.15, 0.2) is 0 Å². The first-order valence-corrected chi connectivity index (χ1v) is 8.62. The number of nitrogens with two attached hydrogens (primary N) is 1. The lowest BCUT2D eigenvalue weighted by Crippen LogP contribution is -2.55. The van der Waals surface area contributed by atoms with Gasteiger partial charge in [0, 0.05) is 25.4 Å². The van der Waals surface area contributed by atoms with Crippen LogP contribution in [0.4, 0.5) is 4.79 Å². The van der Waals surface area contributed by atoms with Crippen molar-refractivity contribution in [2.75, 3.05) is 25.4 Å². The van der Waals surface area contributed by atoms with Crippen LogP contribution < -0.4 is 5.73 Å². The predicted molar refractivity (Wildman–Crippen MR) is 78.3 cm³/mol. The number of carbonyl (C=O) groups excluding carboxylic acids is 1. The van der Waals surface area contributed by atoms with Crippen LogP contribution in [0.5, 0.6) is 0 Å². The van der Waals surface area contributed by atoms with Crippen LogP contribution in [0.2, 0.25) is 0 Å². The fraction of sp³-hybridized carbons (Fsp3) is 0.923. The maximum absolute atomic E-state index is 12.2. The second-order valence-corrected chi connectivity index (χ2v) is 8.93. The van der Waals surface area contributed by atoms with E-state index in [1.165, 1.54) is 0 Å². The fourth-order valence-corrected chi connectivity index (χ4v) is 4.04. The highest BCUT2D eigenvalue weighted by Gasteiger charge is 2.45. The molecule has 0 aliphatic carbocycles. The smallest absolute Gasteiger partial charge is 0.410 e. The third-order valence-corrected chi connectivity index (χ3v) is 6.39. The Morgan fingerprint density at radius 2 is 1.80 bits per heavy atom. The molecule has 1 fully saturated rings. The van der Waals surface area contributed by atoms with Gasteiger partial charge in [-0.05, 0) is 33.6 Å². The van der Waals surface area contributed by atoms with Gasteiger partial charge in [0.05, 0.1) is 4.75 Å². The molecule has 0 unspecified atom stereocenters. The Bertz CT molecular complexity index is 445. The summed E-state index contributed by atoms with van der Waals surface area (Å²) in [6.45, 7) is 7.89. The molecule has 0 aromatic rings. The van der Waals surface area contributed by atoms with Crippen molar-refractivity contribution in [3.63, 3.8) is 0 Å². The fourth-order valence-electron chi connectivity index (χ4n) is 2.37. The Balaban J connectivity index is 2.74. The Morgan fingerprint density at radius 3 is 2.15 bits per heavy atom. The van der Waals surface area contributed by atoms with E-state index in [1.807, 2.05) is 0 Å². The van der Waals surface area contributed by atoms with E-state index in [-0.39, 0.29) is 12.3 Å². The highest BCUT2D eigenvalue weighted by molar-refractivity contribution is 7.92. The van der Waals surface area contributed by atoms with Gasteiger partial charge in [-0.15, -0.1) is 0 Å². The van der Waals surface area contributed by atoms with Crippen LogP contribution in [0.3, 0.4) is 0 Å². The number of likely N-dealkylation sites (tertiary alicyclic amines) is 1. The third-order valence-electron chi connectivity index (χ3n) is 3.74. The summed E-state index contributed by atoms with van der Waals surface area (Å²) in [5.74, 6) is 0.0800. The molecule has 0 atom stereocenters. The Hall–Kier alpha value is -0.820. The summed E-state index contributed by atoms with van der Waals surface area (Å²) in [6.07, 6.45) is 0.356. The van der Waals surface area contributed by atoms with Gasteiger partial charge < -0.3 is 15.4 Å². The number of carbonyl (C=O) groups is 1. The Morgan fingerprint density at radius 1 is 1.30 bits per heavy atom. The van der Waals surface area contributed by atoms with Gasteiger partial charge in [-0.2, -0.15) is 0 Å². The minimum Gasteiger partial charge on any atom is -0.444 e. The van der Waals surface area contributed by atoms with Crippen molar-refractivity contribution >= 4 is 15.9 Å². The molecular weight excluding hydrogens is 280 g/mol. The number of piperidine rings is 1. The van der Waals surface area contributed by atoms with Gasteiger partial charge >= 0.3 is 6.09 Å². The monoisotopic (exact) mass is 306 g/mol. The molecule has 0 spiro atoms. The molecular formula is C13H26N2O4S. The van der Waals surface area contributed by atoms with Gasteiger partial charge in [0.25, 0.3) is 0 Å². The molecule has 1 rings (SSSR count). The van der Waals surface area contributed by atoms with E-state index in [1.54, 1.807) is 32.6 Å². The highest BCUT2D eigenvalue weighted by atomic mass is 32.2. The summed E-state index contributed by atoms with van der Waals surface area (Å²) in [7, 11) is -3.22. The van der Waals surface area contributed by atoms with Crippen molar-refractivity contribution in [1.29, 1.82) is 0 Å². The predicted octanol–water partition coefficient (Wildman–Crippen LogP) is 1.15. The first-order chi connectivity index (χ1) is 9.07. The maximum atomic E-state index is 12.2. The molecule has 0 aromatic carbocycles. The van der Waals surface area contributed by atoms with E-state index in [0.717, 1.165) is 0 Å². The number of hydrogen-bond donors (Lipinski definition) is 1. The van der Waals surface area contributed by atoms with Gasteiger partial charge in [0.15, 0.2) is 9.84 Å². The number of sulfone groups is 1. The molecule has 6 nitrogen and oxygen atoms in total. The van der Waals surface area contributed by atoms with Crippen LogP contribution in [-0.2, 0) is 14.6 Å². The Kier molecular flexibility index (Phi) is 5.08. The number of nitrogens with zero attached hydrogens (tertiary/aromatic N) is 1. The molecule has 0 saturated carbocycles. The second kappa shape index (κ2) is 5.89. The van der Waals surface area contributed by atoms with E-state index >= 15 is 0 Å². The average molecular weight is 306 g/mol. The molecule has 2 N–H and O–H groups in total. The number of ether oxygens (including phenoxy) is 1. The molecule has 20 heavy (non-hydrogen) atoms. The summed E-state index contributed by atoms with van der Waals surface area (Å²) in [5.41, 5.74) is 5.16. The van der Waals surface area contributed by atoms with Crippen LogP contribution in [-0.4, -0.2) is 55.1 Å². The molecule has 1 aliphatic heterocycles. The van der Waals surface area contributed by atoms with Gasteiger partial charge in [-0.25, -0.2) is 13.2 Å². The second-order valence-electron chi connectivity index (χ2n) is 6.26. The van der Waals surface area contributed by atoms with Crippen LogP contribution in [0.25, 0.3) is 0 Å². The topological polar surface area (TPSA) is 89.7 Å². The van der Waals surface area contributed by atoms with Crippen molar-refractivity contribution < 1.29 is 17.9 Å². The van der Waals surface area contributed by atoms with Crippen LogP contribution in [0.1, 0.15) is 40.5 Å². The zero-order chi connectivity index (χ0) is 15.6. The van der Waals surface area contributed by atoms with E-state index in [0.29, 0.717) is 25.9 Å². The van der Waals surface area contributed by atoms with Crippen molar-refractivity contribution in [1.82, 2.24) is 4.90 Å². The number of hydrogen-bond acceptors (Lipinski definition) is 5. The number of amides is 1. The SMILES string of the molecule is CCS(=O)(=O)C1(CN)CCN(C(=O)OC(C)(C)C)CC1. The first kappa shape index (κ1) is 17.2. The largest absolute Gasteiger partial charge is 0.444 e. The van der Waals surface area contributed by atoms with Gasteiger partial charge in [0.1, 0.15) is 5.60 Å². The average Bonchev–Trinajstić information content (AvgIpc) is 2.36. The number of rotatable bonds is 3. The third kappa shape index (κ3) is 3.63. The van der Waals surface area contributed by atoms with Crippen molar-refractivity contribution in [2.45, 2.75) is 50.9 Å². The summed E-state index contributed by atoms with van der Waals surface area (Å²) in [5, 5.41) is 0. The first-order valence-electron chi connectivity index (χ1n) is 6.97. The maximum Gasteiger partial charge on any atom is 0.410 e. The zero-order valence-corrected chi connectivity index (χ0v) is 13.6. The zero-order valence-electron chi connectivity index (χ0n) is 12.8. The summed E-state index contributed by atoms with van der Waals surface area (Å²) in [4.78, 5) is 13.5. The molecule has 1 saturated heterocycles. The van der Waals surface area contributed by atoms with Crippen molar-refractivity contribution in [3.8, 4) is 0 Å². The van der Waals surface area contributed by atoms with E-state index in [4.69, 9.17) is 10.5 Å². The van der Waals surface area contributed by atoms with E-state index in [9.17, 15) is 13.2 Å². The summed E-state index contributed by atoms with van der Waals surface area (Å²) >= 11 is 0. The minimum atomic E-state index is -3.22. The van der Waals surface area contributed by atoms with E-state index in [2.05, 4.69) is 0 Å². The quantitative estimate of drug-likeness (QED) is 0.844. The molecule has 0 bridgehead atoms. The van der Waals surface area contributed by atoms with Gasteiger partial charge in [0.2, 0.25) is 0 Å². The van der Waals surface area contributed by atoms with Crippen LogP contribution >= 0.6 is 0 Å². The highest BCUT2D eigenvalue weighted by Crippen LogP contribution is 2.31. The molecule has 7 heteroatoms. The molecule has 1 aliphatic rings. The molecule has 0 radical (unpaired) electrons. The van der Waals surface area contributed by atoms with E-state index < -0.39 is 26.3 Å². The van der Waals surface area contributed by atoms with Gasteiger partial charge in [-0.1, -0.05) is 6.92 Å². The van der Waals surface area contributed by atoms with Gasteiger partial charge in [-0.3, -0.25) is 0 Å². The molecule has 1 amide bonds. The lowest BCUT2D eigenvalue weighted by Gasteiger charge is -2.40. The lowest BCUT2D eigenvalue weighted by molar-refractivity contribution is 0.0196. The van der Waals surface area contributed by atoms with Crippen molar-refractivity contribution in [3.05, 3.63) is 0 Å². The normalized spacial score (nSPS) is 19.8. The molecule has 1 heterocycles. The standard InChI is InChI=1S/C13H26N2O4S/c1-5-20(17,18)13(10-14)6-8-15(9-7-13)11(16)19-12(2,3)4/h5-10,14H2,1-4H3. The summed E-state index contributed by atoms with van der Waals surface area (Å²) < 4.78 is 28.8. The van der Waals surface area contributed by atoms with Crippen LogP contribution in [0, 0.1) is 0 Å². The lowest BCUT2D eigenvalue weighted by atomic mass is 9.96. The summed E-state index contributed by atoms with van der Waals surface area (Å²) in [6, 6.07) is 0. The Labute approximate surface area is 121 Å². The minimum absolute atomic E-state index is 0.0800. The molecule has 118 valence electrons. The molecule has 0 aromatic heterocycles. The van der Waals surface area contributed by atoms with Crippen molar-refractivity contribution in [2.24, 2.45) is 5.73 Å².